The lowest BCUT2D eigenvalue weighted by atomic mass is 10.2. The summed E-state index contributed by atoms with van der Waals surface area (Å²) >= 11 is 4.83. The zero-order valence-corrected chi connectivity index (χ0v) is 11.7. The maximum absolute atomic E-state index is 11.7. The quantitative estimate of drug-likeness (QED) is 0.802. The average Bonchev–Trinajstić information content (AvgIpc) is 2.35. The van der Waals surface area contributed by atoms with Gasteiger partial charge < -0.3 is 15.5 Å². The van der Waals surface area contributed by atoms with Crippen molar-refractivity contribution in [3.8, 4) is 0 Å². The van der Waals surface area contributed by atoms with Gasteiger partial charge >= 0.3 is 0 Å². The fourth-order valence-electron chi connectivity index (χ4n) is 1.39. The SMILES string of the molecule is CN(C)C(=O)c1ccc(N(C)CCC(N)=S)nc1. The van der Waals surface area contributed by atoms with Gasteiger partial charge in [0.25, 0.3) is 5.91 Å². The first-order valence-electron chi connectivity index (χ1n) is 5.59. The molecule has 6 heteroatoms. The normalized spacial score (nSPS) is 9.94. The Morgan fingerprint density at radius 1 is 1.39 bits per heavy atom. The van der Waals surface area contributed by atoms with Gasteiger partial charge in [-0.2, -0.15) is 0 Å². The Bertz CT molecular complexity index is 430. The van der Waals surface area contributed by atoms with E-state index < -0.39 is 0 Å². The lowest BCUT2D eigenvalue weighted by molar-refractivity contribution is 0.0827. The standard InChI is InChI=1S/C12H18N4OS/c1-15(2)12(17)9-4-5-11(14-8-9)16(3)7-6-10(13)18/h4-5,8H,6-7H2,1-3H3,(H2,13,18). The third-order valence-corrected chi connectivity index (χ3v) is 2.69. The molecule has 5 nitrogen and oxygen atoms in total. The number of thiocarbonyl (C=S) groups is 1. The molecule has 1 amide bonds. The Morgan fingerprint density at radius 2 is 2.06 bits per heavy atom. The second-order valence-corrected chi connectivity index (χ2v) is 4.77. The van der Waals surface area contributed by atoms with Crippen LogP contribution in [0.25, 0.3) is 0 Å². The number of pyridine rings is 1. The average molecular weight is 266 g/mol. The van der Waals surface area contributed by atoms with Crippen LogP contribution < -0.4 is 10.6 Å². The molecule has 0 bridgehead atoms. The minimum Gasteiger partial charge on any atom is -0.393 e. The number of anilines is 1. The molecule has 1 aromatic heterocycles. The van der Waals surface area contributed by atoms with E-state index in [4.69, 9.17) is 18.0 Å². The number of hydrogen-bond donors (Lipinski definition) is 1. The van der Waals surface area contributed by atoms with E-state index in [0.717, 1.165) is 5.82 Å². The number of nitrogens with zero attached hydrogens (tertiary/aromatic N) is 3. The molecule has 1 rings (SSSR count). The summed E-state index contributed by atoms with van der Waals surface area (Å²) in [6.45, 7) is 0.712. The van der Waals surface area contributed by atoms with Crippen LogP contribution in [0.1, 0.15) is 16.8 Å². The third-order valence-electron chi connectivity index (χ3n) is 2.49. The Balaban J connectivity index is 2.70. The summed E-state index contributed by atoms with van der Waals surface area (Å²) in [5.74, 6) is 0.737. The summed E-state index contributed by atoms with van der Waals surface area (Å²) in [4.78, 5) is 19.9. The van der Waals surface area contributed by atoms with Gasteiger partial charge in [0.05, 0.1) is 10.6 Å². The maximum atomic E-state index is 11.7. The van der Waals surface area contributed by atoms with Crippen molar-refractivity contribution in [2.75, 3.05) is 32.6 Å². The Morgan fingerprint density at radius 3 is 2.50 bits per heavy atom. The molecule has 2 N–H and O–H groups in total. The van der Waals surface area contributed by atoms with Crippen LogP contribution in [0.3, 0.4) is 0 Å². The second-order valence-electron chi connectivity index (χ2n) is 4.24. The minimum atomic E-state index is -0.0557. The van der Waals surface area contributed by atoms with Crippen LogP contribution in [-0.2, 0) is 0 Å². The zero-order chi connectivity index (χ0) is 13.7. The lowest BCUT2D eigenvalue weighted by Crippen LogP contribution is -2.25. The molecular formula is C12H18N4OS. The van der Waals surface area contributed by atoms with Gasteiger partial charge in [0.1, 0.15) is 5.82 Å². The number of carbonyl (C=O) groups is 1. The zero-order valence-electron chi connectivity index (χ0n) is 10.9. The molecule has 0 aliphatic rings. The van der Waals surface area contributed by atoms with Crippen molar-refractivity contribution in [1.82, 2.24) is 9.88 Å². The number of rotatable bonds is 5. The molecular weight excluding hydrogens is 248 g/mol. The highest BCUT2D eigenvalue weighted by Gasteiger charge is 2.09. The number of aromatic nitrogens is 1. The predicted molar refractivity (Wildman–Crippen MR) is 76.9 cm³/mol. The first-order valence-corrected chi connectivity index (χ1v) is 5.99. The summed E-state index contributed by atoms with van der Waals surface area (Å²) < 4.78 is 0. The molecule has 98 valence electrons. The molecule has 1 heterocycles. The van der Waals surface area contributed by atoms with E-state index in [9.17, 15) is 4.79 Å². The van der Waals surface area contributed by atoms with Crippen LogP contribution >= 0.6 is 12.2 Å². The molecule has 1 aromatic rings. The van der Waals surface area contributed by atoms with E-state index in [0.29, 0.717) is 23.5 Å². The number of carbonyl (C=O) groups excluding carboxylic acids is 1. The lowest BCUT2D eigenvalue weighted by Gasteiger charge is -2.18. The Labute approximate surface area is 113 Å². The highest BCUT2D eigenvalue weighted by Crippen LogP contribution is 2.10. The molecule has 0 aliphatic carbocycles. The molecule has 0 saturated heterocycles. The van der Waals surface area contributed by atoms with E-state index in [1.807, 2.05) is 18.0 Å². The van der Waals surface area contributed by atoms with Crippen molar-refractivity contribution >= 4 is 28.9 Å². The molecule has 18 heavy (non-hydrogen) atoms. The monoisotopic (exact) mass is 266 g/mol. The van der Waals surface area contributed by atoms with E-state index >= 15 is 0 Å². The first kappa shape index (κ1) is 14.4. The molecule has 0 aromatic carbocycles. The minimum absolute atomic E-state index is 0.0557. The van der Waals surface area contributed by atoms with E-state index in [1.54, 1.807) is 26.4 Å². The van der Waals surface area contributed by atoms with E-state index in [-0.39, 0.29) is 5.91 Å². The molecule has 0 radical (unpaired) electrons. The smallest absolute Gasteiger partial charge is 0.254 e. The highest BCUT2D eigenvalue weighted by atomic mass is 32.1. The van der Waals surface area contributed by atoms with Gasteiger partial charge in [0.15, 0.2) is 0 Å². The molecule has 0 aliphatic heterocycles. The number of nitrogens with two attached hydrogens (primary N) is 1. The second kappa shape index (κ2) is 6.30. The van der Waals surface area contributed by atoms with Crippen LogP contribution in [0.2, 0.25) is 0 Å². The summed E-state index contributed by atoms with van der Waals surface area (Å²) in [5.41, 5.74) is 6.03. The largest absolute Gasteiger partial charge is 0.393 e. The number of hydrogen-bond acceptors (Lipinski definition) is 4. The maximum Gasteiger partial charge on any atom is 0.254 e. The van der Waals surface area contributed by atoms with Crippen LogP contribution in [0.4, 0.5) is 5.82 Å². The van der Waals surface area contributed by atoms with Gasteiger partial charge in [0.2, 0.25) is 0 Å². The van der Waals surface area contributed by atoms with Gasteiger partial charge in [-0.3, -0.25) is 4.79 Å². The van der Waals surface area contributed by atoms with Crippen molar-refractivity contribution in [2.24, 2.45) is 5.73 Å². The van der Waals surface area contributed by atoms with Gasteiger partial charge in [0, 0.05) is 40.3 Å². The Kier molecular flexibility index (Phi) is 5.03. The summed E-state index contributed by atoms with van der Waals surface area (Å²) in [5, 5.41) is 0. The van der Waals surface area contributed by atoms with E-state index in [2.05, 4.69) is 4.98 Å². The first-order chi connectivity index (χ1) is 8.41. The van der Waals surface area contributed by atoms with Crippen LogP contribution in [0.5, 0.6) is 0 Å². The molecule has 0 fully saturated rings. The van der Waals surface area contributed by atoms with Gasteiger partial charge in [-0.15, -0.1) is 0 Å². The van der Waals surface area contributed by atoms with Crippen LogP contribution in [-0.4, -0.2) is 48.5 Å². The molecule has 0 unspecified atom stereocenters. The summed E-state index contributed by atoms with van der Waals surface area (Å²) in [6, 6.07) is 3.58. The van der Waals surface area contributed by atoms with Gasteiger partial charge in [-0.05, 0) is 12.1 Å². The highest BCUT2D eigenvalue weighted by molar-refractivity contribution is 7.80. The van der Waals surface area contributed by atoms with Crippen molar-refractivity contribution in [2.45, 2.75) is 6.42 Å². The van der Waals surface area contributed by atoms with Gasteiger partial charge in [-0.25, -0.2) is 4.98 Å². The van der Waals surface area contributed by atoms with Crippen molar-refractivity contribution in [3.05, 3.63) is 23.9 Å². The van der Waals surface area contributed by atoms with Crippen LogP contribution in [0, 0.1) is 0 Å². The summed E-state index contributed by atoms with van der Waals surface area (Å²) in [7, 11) is 5.34. The molecule has 0 atom stereocenters. The van der Waals surface area contributed by atoms with Crippen LogP contribution in [0.15, 0.2) is 18.3 Å². The molecule has 0 spiro atoms. The fourth-order valence-corrected chi connectivity index (χ4v) is 1.48. The van der Waals surface area contributed by atoms with Crippen molar-refractivity contribution < 1.29 is 4.79 Å². The van der Waals surface area contributed by atoms with Crippen molar-refractivity contribution in [1.29, 1.82) is 0 Å². The van der Waals surface area contributed by atoms with Gasteiger partial charge in [-0.1, -0.05) is 12.2 Å². The van der Waals surface area contributed by atoms with Crippen molar-refractivity contribution in [3.63, 3.8) is 0 Å². The summed E-state index contributed by atoms with van der Waals surface area (Å²) in [6.07, 6.45) is 2.22. The van der Waals surface area contributed by atoms with E-state index in [1.165, 1.54) is 4.90 Å². The third kappa shape index (κ3) is 3.96. The Hall–Kier alpha value is -1.69. The number of amides is 1. The topological polar surface area (TPSA) is 62.5 Å². The fraction of sp³-hybridized carbons (Fsp3) is 0.417. The predicted octanol–water partition coefficient (Wildman–Crippen LogP) is 0.896. The molecule has 0 saturated carbocycles.